The van der Waals surface area contributed by atoms with Crippen molar-refractivity contribution in [1.29, 1.82) is 0 Å². The van der Waals surface area contributed by atoms with Gasteiger partial charge in [-0.1, -0.05) is 20.8 Å². The number of fused-ring (bicyclic) bond motifs is 3. The first-order chi connectivity index (χ1) is 14.8. The highest BCUT2D eigenvalue weighted by atomic mass is 16.5. The van der Waals surface area contributed by atoms with Crippen LogP contribution in [0.15, 0.2) is 23.1 Å². The van der Waals surface area contributed by atoms with Crippen LogP contribution in [0.1, 0.15) is 49.5 Å². The molecule has 2 aromatic rings. The molecule has 31 heavy (non-hydrogen) atoms. The van der Waals surface area contributed by atoms with E-state index >= 15 is 0 Å². The van der Waals surface area contributed by atoms with Gasteiger partial charge in [0, 0.05) is 32.4 Å². The summed E-state index contributed by atoms with van der Waals surface area (Å²) in [4.78, 5) is 28.8. The molecule has 0 aromatic carbocycles. The quantitative estimate of drug-likeness (QED) is 0.609. The van der Waals surface area contributed by atoms with E-state index in [1.54, 1.807) is 7.11 Å². The van der Waals surface area contributed by atoms with Crippen LogP contribution in [-0.4, -0.2) is 48.1 Å². The first-order valence-corrected chi connectivity index (χ1v) is 10.5. The zero-order valence-corrected chi connectivity index (χ0v) is 18.7. The van der Waals surface area contributed by atoms with Crippen LogP contribution >= 0.6 is 0 Å². The Morgan fingerprint density at radius 3 is 2.61 bits per heavy atom. The van der Waals surface area contributed by atoms with Crippen LogP contribution in [0.3, 0.4) is 0 Å². The van der Waals surface area contributed by atoms with Crippen molar-refractivity contribution >= 4 is 5.97 Å². The van der Waals surface area contributed by atoms with Crippen LogP contribution in [-0.2, 0) is 16.7 Å². The Morgan fingerprint density at radius 1 is 1.29 bits per heavy atom. The number of methoxy groups -OCH3 is 2. The summed E-state index contributed by atoms with van der Waals surface area (Å²) in [6.45, 7) is 7.35. The number of aromatic carboxylic acids is 1. The number of ether oxygens (including phenoxy) is 3. The summed E-state index contributed by atoms with van der Waals surface area (Å²) < 4.78 is 18.4. The first-order valence-electron chi connectivity index (χ1n) is 10.5. The van der Waals surface area contributed by atoms with E-state index in [0.717, 1.165) is 18.4 Å². The third-order valence-corrected chi connectivity index (χ3v) is 6.16. The lowest BCUT2D eigenvalue weighted by Gasteiger charge is -2.44. The van der Waals surface area contributed by atoms with E-state index in [1.165, 1.54) is 19.4 Å². The van der Waals surface area contributed by atoms with Gasteiger partial charge in [-0.15, -0.1) is 0 Å². The molecule has 0 aliphatic carbocycles. The van der Waals surface area contributed by atoms with Crippen LogP contribution in [0.25, 0.3) is 11.4 Å². The Kier molecular flexibility index (Phi) is 6.69. The molecule has 0 fully saturated rings. The Hall–Kier alpha value is -2.87. The Bertz CT molecular complexity index is 1030. The van der Waals surface area contributed by atoms with Gasteiger partial charge in [0.05, 0.1) is 30.6 Å². The molecule has 0 radical (unpaired) electrons. The van der Waals surface area contributed by atoms with Gasteiger partial charge in [-0.2, -0.15) is 0 Å². The van der Waals surface area contributed by atoms with Crippen molar-refractivity contribution in [2.75, 3.05) is 27.4 Å². The molecule has 2 aromatic heterocycles. The minimum absolute atomic E-state index is 0.182. The summed E-state index contributed by atoms with van der Waals surface area (Å²) in [7, 11) is 3.16. The van der Waals surface area contributed by atoms with Gasteiger partial charge in [0.1, 0.15) is 5.56 Å². The number of pyridine rings is 2. The molecule has 1 aliphatic heterocycles. The first kappa shape index (κ1) is 22.8. The van der Waals surface area contributed by atoms with E-state index in [-0.39, 0.29) is 11.5 Å². The van der Waals surface area contributed by atoms with Crippen molar-refractivity contribution in [2.45, 2.75) is 45.6 Å². The van der Waals surface area contributed by atoms with E-state index in [4.69, 9.17) is 14.2 Å². The van der Waals surface area contributed by atoms with Gasteiger partial charge in [-0.25, -0.2) is 9.78 Å². The molecule has 1 N–H and O–H groups in total. The number of hydrogen-bond acceptors (Lipinski definition) is 6. The summed E-state index contributed by atoms with van der Waals surface area (Å²) >= 11 is 0. The van der Waals surface area contributed by atoms with Gasteiger partial charge >= 0.3 is 5.97 Å². The summed E-state index contributed by atoms with van der Waals surface area (Å²) in [5.74, 6) is -0.179. The van der Waals surface area contributed by atoms with E-state index < -0.39 is 16.9 Å². The fourth-order valence-corrected chi connectivity index (χ4v) is 4.35. The SMILES string of the molecule is CCC1(C(C)C)Cc2cc(OCCCOC)c(OC)nc2-c2cc(=O)c(C(=O)O)cn21. The fraction of sp³-hybridized carbons (Fsp3) is 0.522. The predicted octanol–water partition coefficient (Wildman–Crippen LogP) is 3.35. The maximum Gasteiger partial charge on any atom is 0.341 e. The predicted molar refractivity (Wildman–Crippen MR) is 116 cm³/mol. The number of carboxylic acid groups (broad SMARTS) is 1. The van der Waals surface area contributed by atoms with Gasteiger partial charge < -0.3 is 23.9 Å². The molecule has 8 nitrogen and oxygen atoms in total. The number of nitrogens with zero attached hydrogens (tertiary/aromatic N) is 2. The van der Waals surface area contributed by atoms with Crippen molar-refractivity contribution in [3.8, 4) is 23.0 Å². The smallest absolute Gasteiger partial charge is 0.341 e. The third kappa shape index (κ3) is 4.04. The standard InChI is InChI=1S/C23H30N2O6/c1-6-23(14(2)3)12-15-10-19(31-9-7-8-29-4)21(30-5)24-20(15)17-11-18(26)16(22(27)28)13-25(17)23/h10-11,13-14H,6-9,12H2,1-5H3,(H,27,28). The Morgan fingerprint density at radius 2 is 2.03 bits per heavy atom. The van der Waals surface area contributed by atoms with Crippen molar-refractivity contribution in [1.82, 2.24) is 9.55 Å². The van der Waals surface area contributed by atoms with Crippen LogP contribution in [0.5, 0.6) is 11.6 Å². The zero-order valence-electron chi connectivity index (χ0n) is 18.7. The summed E-state index contributed by atoms with van der Waals surface area (Å²) in [5, 5.41) is 9.51. The lowest BCUT2D eigenvalue weighted by atomic mass is 9.75. The molecule has 1 unspecified atom stereocenters. The molecule has 1 atom stereocenters. The van der Waals surface area contributed by atoms with E-state index in [1.807, 2.05) is 10.6 Å². The van der Waals surface area contributed by atoms with Crippen LogP contribution in [0, 0.1) is 5.92 Å². The summed E-state index contributed by atoms with van der Waals surface area (Å²) in [6.07, 6.45) is 3.60. The average molecular weight is 431 g/mol. The highest BCUT2D eigenvalue weighted by Gasteiger charge is 2.41. The molecule has 168 valence electrons. The second-order valence-corrected chi connectivity index (χ2v) is 8.10. The molecule has 3 rings (SSSR count). The van der Waals surface area contributed by atoms with E-state index in [9.17, 15) is 14.7 Å². The third-order valence-electron chi connectivity index (χ3n) is 6.16. The fourth-order valence-electron chi connectivity index (χ4n) is 4.35. The van der Waals surface area contributed by atoms with Crippen molar-refractivity contribution < 1.29 is 24.1 Å². The van der Waals surface area contributed by atoms with Crippen LogP contribution < -0.4 is 14.9 Å². The highest BCUT2D eigenvalue weighted by Crippen LogP contribution is 2.45. The normalized spacial score (nSPS) is 17.2. The van der Waals surface area contributed by atoms with Gasteiger partial charge in [0.25, 0.3) is 5.88 Å². The van der Waals surface area contributed by atoms with Crippen molar-refractivity contribution in [3.63, 3.8) is 0 Å². The zero-order chi connectivity index (χ0) is 22.8. The molecule has 8 heteroatoms. The van der Waals surface area contributed by atoms with E-state index in [2.05, 4.69) is 25.8 Å². The van der Waals surface area contributed by atoms with Crippen molar-refractivity contribution in [3.05, 3.63) is 39.7 Å². The molecule has 0 spiro atoms. The Balaban J connectivity index is 2.21. The lowest BCUT2D eigenvalue weighted by Crippen LogP contribution is -2.45. The highest BCUT2D eigenvalue weighted by molar-refractivity contribution is 5.87. The average Bonchev–Trinajstić information content (AvgIpc) is 2.74. The number of carboxylic acids is 1. The molecule has 0 saturated carbocycles. The minimum Gasteiger partial charge on any atom is -0.488 e. The number of hydrogen-bond donors (Lipinski definition) is 1. The number of rotatable bonds is 9. The van der Waals surface area contributed by atoms with Crippen LogP contribution in [0.4, 0.5) is 0 Å². The largest absolute Gasteiger partial charge is 0.488 e. The number of aromatic nitrogens is 2. The molecule has 3 heterocycles. The minimum atomic E-state index is -1.23. The molecule has 0 amide bonds. The number of carbonyl (C=O) groups is 1. The monoisotopic (exact) mass is 430 g/mol. The van der Waals surface area contributed by atoms with Gasteiger partial charge in [-0.05, 0) is 30.4 Å². The molecular weight excluding hydrogens is 400 g/mol. The Labute approximate surface area is 181 Å². The molecular formula is C23H30N2O6. The van der Waals surface area contributed by atoms with Crippen molar-refractivity contribution in [2.24, 2.45) is 5.92 Å². The van der Waals surface area contributed by atoms with E-state index in [0.29, 0.717) is 42.7 Å². The summed E-state index contributed by atoms with van der Waals surface area (Å²) in [6, 6.07) is 3.31. The van der Waals surface area contributed by atoms with Crippen LogP contribution in [0.2, 0.25) is 0 Å². The topological polar surface area (TPSA) is 99.9 Å². The summed E-state index contributed by atoms with van der Waals surface area (Å²) in [5.41, 5.74) is 0.970. The molecule has 0 bridgehead atoms. The second-order valence-electron chi connectivity index (χ2n) is 8.10. The van der Waals surface area contributed by atoms with Gasteiger partial charge in [-0.3, -0.25) is 4.79 Å². The molecule has 0 saturated heterocycles. The second kappa shape index (κ2) is 9.09. The van der Waals surface area contributed by atoms with Gasteiger partial charge in [0.2, 0.25) is 0 Å². The maximum absolute atomic E-state index is 12.5. The molecule has 1 aliphatic rings. The maximum atomic E-state index is 12.5. The lowest BCUT2D eigenvalue weighted by molar-refractivity contribution is 0.0692. The van der Waals surface area contributed by atoms with Gasteiger partial charge in [0.15, 0.2) is 11.2 Å².